The maximum absolute atomic E-state index is 13.2. The minimum atomic E-state index is -3.69. The van der Waals surface area contributed by atoms with Gasteiger partial charge < -0.3 is 4.90 Å². The van der Waals surface area contributed by atoms with Gasteiger partial charge in [0.1, 0.15) is 0 Å². The Morgan fingerprint density at radius 2 is 1.97 bits per heavy atom. The summed E-state index contributed by atoms with van der Waals surface area (Å²) < 4.78 is 27.9. The fourth-order valence-electron chi connectivity index (χ4n) is 4.48. The number of pyridine rings is 1. The Labute approximate surface area is 182 Å². The molecule has 0 aliphatic carbocycles. The number of likely N-dealkylation sites (tertiary alicyclic amines) is 1. The SMILES string of the molecule is Cc1c(Cl)cccc1S(=O)(=O)N1CCC[C@@H](C(=O)N2CCC(c3cccnc3)C2)C1. The number of piperidine rings is 1. The first-order valence-electron chi connectivity index (χ1n) is 10.3. The Balaban J connectivity index is 1.46. The summed E-state index contributed by atoms with van der Waals surface area (Å²) >= 11 is 6.14. The molecule has 8 heteroatoms. The van der Waals surface area contributed by atoms with Gasteiger partial charge in [0.25, 0.3) is 0 Å². The fourth-order valence-corrected chi connectivity index (χ4v) is 6.48. The van der Waals surface area contributed by atoms with Crippen molar-refractivity contribution in [3.63, 3.8) is 0 Å². The topological polar surface area (TPSA) is 70.6 Å². The van der Waals surface area contributed by atoms with E-state index >= 15 is 0 Å². The molecule has 0 bridgehead atoms. The number of sulfonamides is 1. The zero-order valence-corrected chi connectivity index (χ0v) is 18.6. The van der Waals surface area contributed by atoms with E-state index in [4.69, 9.17) is 11.6 Å². The zero-order valence-electron chi connectivity index (χ0n) is 17.0. The Hall–Kier alpha value is -1.96. The van der Waals surface area contributed by atoms with Gasteiger partial charge in [-0.3, -0.25) is 9.78 Å². The van der Waals surface area contributed by atoms with E-state index in [2.05, 4.69) is 4.98 Å². The highest BCUT2D eigenvalue weighted by Crippen LogP contribution is 2.32. The van der Waals surface area contributed by atoms with Gasteiger partial charge in [0.05, 0.1) is 10.8 Å². The highest BCUT2D eigenvalue weighted by Gasteiger charge is 2.37. The molecule has 6 nitrogen and oxygen atoms in total. The summed E-state index contributed by atoms with van der Waals surface area (Å²) in [5, 5.41) is 0.430. The van der Waals surface area contributed by atoms with Gasteiger partial charge in [-0.25, -0.2) is 8.42 Å². The second-order valence-corrected chi connectivity index (χ2v) is 10.4. The molecule has 2 atom stereocenters. The molecule has 2 aliphatic rings. The summed E-state index contributed by atoms with van der Waals surface area (Å²) in [5.41, 5.74) is 1.70. The van der Waals surface area contributed by atoms with E-state index in [1.807, 2.05) is 23.2 Å². The van der Waals surface area contributed by atoms with Crippen molar-refractivity contribution in [3.8, 4) is 0 Å². The van der Waals surface area contributed by atoms with Crippen LogP contribution in [0.5, 0.6) is 0 Å². The maximum atomic E-state index is 13.2. The Bertz CT molecular complexity index is 1030. The van der Waals surface area contributed by atoms with Crippen molar-refractivity contribution in [2.75, 3.05) is 26.2 Å². The summed E-state index contributed by atoms with van der Waals surface area (Å²) in [6.45, 7) is 3.73. The van der Waals surface area contributed by atoms with Crippen LogP contribution in [0.15, 0.2) is 47.6 Å². The molecule has 0 spiro atoms. The van der Waals surface area contributed by atoms with Crippen molar-refractivity contribution in [2.24, 2.45) is 5.92 Å². The minimum absolute atomic E-state index is 0.0594. The number of halogens is 1. The monoisotopic (exact) mass is 447 g/mol. The lowest BCUT2D eigenvalue weighted by Gasteiger charge is -2.33. The molecule has 30 heavy (non-hydrogen) atoms. The molecular weight excluding hydrogens is 422 g/mol. The summed E-state index contributed by atoms with van der Waals surface area (Å²) in [7, 11) is -3.69. The third-order valence-corrected chi connectivity index (χ3v) is 8.64. The number of hydrogen-bond acceptors (Lipinski definition) is 4. The van der Waals surface area contributed by atoms with Crippen LogP contribution in [0.3, 0.4) is 0 Å². The van der Waals surface area contributed by atoms with Crippen LogP contribution in [0.25, 0.3) is 0 Å². The number of amides is 1. The average Bonchev–Trinajstić information content (AvgIpc) is 3.26. The van der Waals surface area contributed by atoms with Gasteiger partial charge in [-0.05, 0) is 55.5 Å². The third-order valence-electron chi connectivity index (χ3n) is 6.22. The number of carbonyl (C=O) groups excluding carboxylic acids is 1. The van der Waals surface area contributed by atoms with Gasteiger partial charge in [0.15, 0.2) is 0 Å². The van der Waals surface area contributed by atoms with Gasteiger partial charge in [-0.2, -0.15) is 4.31 Å². The first kappa shape index (κ1) is 21.3. The number of hydrogen-bond donors (Lipinski definition) is 0. The van der Waals surface area contributed by atoms with Crippen LogP contribution < -0.4 is 0 Å². The van der Waals surface area contributed by atoms with Crippen LogP contribution in [0.4, 0.5) is 0 Å². The number of aromatic nitrogens is 1. The Kier molecular flexibility index (Phi) is 6.14. The van der Waals surface area contributed by atoms with Crippen LogP contribution in [-0.4, -0.2) is 54.7 Å². The molecule has 4 rings (SSSR count). The number of carbonyl (C=O) groups is 1. The van der Waals surface area contributed by atoms with Crippen molar-refractivity contribution >= 4 is 27.5 Å². The van der Waals surface area contributed by atoms with Crippen LogP contribution >= 0.6 is 11.6 Å². The quantitative estimate of drug-likeness (QED) is 0.719. The van der Waals surface area contributed by atoms with Gasteiger partial charge in [0, 0.05) is 49.5 Å². The first-order valence-corrected chi connectivity index (χ1v) is 12.1. The third kappa shape index (κ3) is 4.11. The number of nitrogens with zero attached hydrogens (tertiary/aromatic N) is 3. The smallest absolute Gasteiger partial charge is 0.243 e. The predicted molar refractivity (Wildman–Crippen MR) is 116 cm³/mol. The molecule has 3 heterocycles. The lowest BCUT2D eigenvalue weighted by atomic mass is 9.98. The molecule has 2 aliphatic heterocycles. The molecule has 2 saturated heterocycles. The van der Waals surface area contributed by atoms with Gasteiger partial charge in [-0.15, -0.1) is 0 Å². The van der Waals surface area contributed by atoms with Crippen molar-refractivity contribution in [3.05, 3.63) is 58.9 Å². The minimum Gasteiger partial charge on any atom is -0.342 e. The molecule has 1 unspecified atom stereocenters. The lowest BCUT2D eigenvalue weighted by Crippen LogP contribution is -2.46. The summed E-state index contributed by atoms with van der Waals surface area (Å²) in [6, 6.07) is 8.89. The summed E-state index contributed by atoms with van der Waals surface area (Å²) in [4.78, 5) is 19.5. The molecular formula is C22H26ClN3O3S. The first-order chi connectivity index (χ1) is 14.4. The van der Waals surface area contributed by atoms with Crippen LogP contribution in [-0.2, 0) is 14.8 Å². The Morgan fingerprint density at radius 3 is 2.73 bits per heavy atom. The number of benzene rings is 1. The van der Waals surface area contributed by atoms with Crippen molar-refractivity contribution in [1.29, 1.82) is 0 Å². The maximum Gasteiger partial charge on any atom is 0.243 e. The standard InChI is InChI=1S/C22H26ClN3O3S/c1-16-20(23)7-2-8-21(16)30(28,29)26-11-4-6-19(15-26)22(27)25-12-9-18(14-25)17-5-3-10-24-13-17/h2-3,5,7-8,10,13,18-19H,4,6,9,11-12,14-15H2,1H3/t18?,19-/m1/s1. The van der Waals surface area contributed by atoms with Crippen LogP contribution in [0, 0.1) is 12.8 Å². The van der Waals surface area contributed by atoms with Crippen molar-refractivity contribution in [1.82, 2.24) is 14.2 Å². The Morgan fingerprint density at radius 1 is 1.13 bits per heavy atom. The fraction of sp³-hybridized carbons (Fsp3) is 0.455. The summed E-state index contributed by atoms with van der Waals surface area (Å²) in [6.07, 6.45) is 5.91. The van der Waals surface area contributed by atoms with E-state index in [1.165, 1.54) is 4.31 Å². The second kappa shape index (κ2) is 8.65. The van der Waals surface area contributed by atoms with Gasteiger partial charge in [0.2, 0.25) is 15.9 Å². The molecule has 1 aromatic carbocycles. The highest BCUT2D eigenvalue weighted by atomic mass is 35.5. The summed E-state index contributed by atoms with van der Waals surface area (Å²) in [5.74, 6) is 0.0463. The highest BCUT2D eigenvalue weighted by molar-refractivity contribution is 7.89. The van der Waals surface area contributed by atoms with Crippen LogP contribution in [0.2, 0.25) is 5.02 Å². The lowest BCUT2D eigenvalue weighted by molar-refractivity contribution is -0.135. The van der Waals surface area contributed by atoms with E-state index < -0.39 is 10.0 Å². The van der Waals surface area contributed by atoms with Crippen molar-refractivity contribution < 1.29 is 13.2 Å². The molecule has 2 aromatic rings. The van der Waals surface area contributed by atoms with E-state index in [-0.39, 0.29) is 23.3 Å². The average molecular weight is 448 g/mol. The second-order valence-electron chi connectivity index (χ2n) is 8.12. The normalized spacial score (nSPS) is 22.9. The van der Waals surface area contributed by atoms with Crippen LogP contribution in [0.1, 0.15) is 36.3 Å². The molecule has 1 aromatic heterocycles. The molecule has 2 fully saturated rings. The number of rotatable bonds is 4. The molecule has 160 valence electrons. The molecule has 0 N–H and O–H groups in total. The zero-order chi connectivity index (χ0) is 21.3. The van der Waals surface area contributed by atoms with Gasteiger partial charge >= 0.3 is 0 Å². The van der Waals surface area contributed by atoms with E-state index in [9.17, 15) is 13.2 Å². The van der Waals surface area contributed by atoms with E-state index in [0.29, 0.717) is 49.0 Å². The van der Waals surface area contributed by atoms with Gasteiger partial charge in [-0.1, -0.05) is 23.7 Å². The predicted octanol–water partition coefficient (Wildman–Crippen LogP) is 3.46. The molecule has 0 radical (unpaired) electrons. The molecule has 1 amide bonds. The van der Waals surface area contributed by atoms with Crippen molar-refractivity contribution in [2.45, 2.75) is 37.0 Å². The molecule has 0 saturated carbocycles. The van der Waals surface area contributed by atoms with E-state index in [0.717, 1.165) is 12.0 Å². The van der Waals surface area contributed by atoms with E-state index in [1.54, 1.807) is 31.3 Å². The largest absolute Gasteiger partial charge is 0.342 e.